The summed E-state index contributed by atoms with van der Waals surface area (Å²) < 4.78 is 31.0. The van der Waals surface area contributed by atoms with Crippen molar-refractivity contribution in [3.63, 3.8) is 0 Å². The van der Waals surface area contributed by atoms with Gasteiger partial charge in [-0.15, -0.1) is 0 Å². The maximum absolute atomic E-state index is 12.8. The monoisotopic (exact) mass is 441 g/mol. The van der Waals surface area contributed by atoms with Crippen molar-refractivity contribution in [1.82, 2.24) is 10.3 Å². The Kier molecular flexibility index (Phi) is 5.45. The van der Waals surface area contributed by atoms with Gasteiger partial charge in [-0.1, -0.05) is 12.1 Å². The Hall–Kier alpha value is -3.33. The third-order valence-electron chi connectivity index (χ3n) is 5.40. The van der Waals surface area contributed by atoms with Crippen molar-refractivity contribution in [2.45, 2.75) is 19.4 Å². The minimum atomic E-state index is -3.29. The number of pyridine rings is 1. The van der Waals surface area contributed by atoms with Crippen LogP contribution in [0.3, 0.4) is 0 Å². The summed E-state index contributed by atoms with van der Waals surface area (Å²) in [6.45, 7) is 2.23. The SMILES string of the molecule is COc1ccc2[nH]c(=O)c(C(=O)NC(C)c3cccc(N4CCCS4(=O)=O)c3)cc2c1. The molecule has 1 atom stereocenters. The number of amides is 1. The maximum atomic E-state index is 12.8. The highest BCUT2D eigenvalue weighted by molar-refractivity contribution is 7.93. The summed E-state index contributed by atoms with van der Waals surface area (Å²) in [4.78, 5) is 28.0. The van der Waals surface area contributed by atoms with Gasteiger partial charge in [0.05, 0.1) is 24.6 Å². The number of nitrogens with one attached hydrogen (secondary N) is 2. The summed E-state index contributed by atoms with van der Waals surface area (Å²) >= 11 is 0. The molecule has 1 unspecified atom stereocenters. The lowest BCUT2D eigenvalue weighted by molar-refractivity contribution is 0.0938. The van der Waals surface area contributed by atoms with Crippen molar-refractivity contribution in [3.05, 3.63) is 70.0 Å². The number of methoxy groups -OCH3 is 1. The number of hydrogen-bond acceptors (Lipinski definition) is 5. The van der Waals surface area contributed by atoms with Crippen LogP contribution in [-0.4, -0.2) is 38.7 Å². The predicted octanol–water partition coefficient (Wildman–Crippen LogP) is 2.57. The molecular weight excluding hydrogens is 418 g/mol. The van der Waals surface area contributed by atoms with Gasteiger partial charge in [0, 0.05) is 17.4 Å². The number of carbonyl (C=O) groups is 1. The molecule has 31 heavy (non-hydrogen) atoms. The third kappa shape index (κ3) is 4.13. The van der Waals surface area contributed by atoms with Crippen LogP contribution in [0.2, 0.25) is 0 Å². The van der Waals surface area contributed by atoms with E-state index in [0.717, 1.165) is 5.56 Å². The van der Waals surface area contributed by atoms with Crippen LogP contribution in [0.1, 0.15) is 35.3 Å². The molecule has 2 N–H and O–H groups in total. The summed E-state index contributed by atoms with van der Waals surface area (Å²) in [7, 11) is -1.75. The zero-order valence-electron chi connectivity index (χ0n) is 17.2. The summed E-state index contributed by atoms with van der Waals surface area (Å²) in [5.74, 6) is 0.240. The number of hydrogen-bond donors (Lipinski definition) is 2. The number of aromatic amines is 1. The van der Waals surface area contributed by atoms with Crippen molar-refractivity contribution in [1.29, 1.82) is 0 Å². The lowest BCUT2D eigenvalue weighted by Crippen LogP contribution is -2.31. The number of aromatic nitrogens is 1. The molecule has 0 bridgehead atoms. The molecule has 1 aliphatic rings. The molecule has 0 spiro atoms. The van der Waals surface area contributed by atoms with Gasteiger partial charge < -0.3 is 15.0 Å². The molecule has 0 radical (unpaired) electrons. The Bertz CT molecular complexity index is 1320. The van der Waals surface area contributed by atoms with Gasteiger partial charge in [0.25, 0.3) is 11.5 Å². The van der Waals surface area contributed by atoms with E-state index >= 15 is 0 Å². The molecule has 4 rings (SSSR count). The predicted molar refractivity (Wildman–Crippen MR) is 119 cm³/mol. The van der Waals surface area contributed by atoms with Crippen LogP contribution in [0.25, 0.3) is 10.9 Å². The Morgan fingerprint density at radius 3 is 2.71 bits per heavy atom. The molecule has 8 nitrogen and oxygen atoms in total. The second-order valence-corrected chi connectivity index (χ2v) is 9.51. The van der Waals surface area contributed by atoms with E-state index in [0.29, 0.717) is 35.3 Å². The molecule has 2 heterocycles. The van der Waals surface area contributed by atoms with Crippen LogP contribution in [-0.2, 0) is 10.0 Å². The van der Waals surface area contributed by atoms with E-state index < -0.39 is 27.5 Å². The topological polar surface area (TPSA) is 109 Å². The average Bonchev–Trinajstić information content (AvgIpc) is 3.11. The smallest absolute Gasteiger partial charge is 0.261 e. The van der Waals surface area contributed by atoms with E-state index in [1.54, 1.807) is 50.4 Å². The Balaban J connectivity index is 1.58. The molecule has 2 aromatic carbocycles. The summed E-state index contributed by atoms with van der Waals surface area (Å²) in [5.41, 5.74) is 1.43. The van der Waals surface area contributed by atoms with Crippen LogP contribution < -0.4 is 19.9 Å². The minimum absolute atomic E-state index is 0.00845. The van der Waals surface area contributed by atoms with E-state index in [9.17, 15) is 18.0 Å². The molecule has 1 fully saturated rings. The first-order valence-electron chi connectivity index (χ1n) is 9.91. The van der Waals surface area contributed by atoms with Crippen molar-refractivity contribution in [2.24, 2.45) is 0 Å². The molecule has 0 saturated carbocycles. The number of fused-ring (bicyclic) bond motifs is 1. The number of H-pyrrole nitrogens is 1. The van der Waals surface area contributed by atoms with Gasteiger partial charge >= 0.3 is 0 Å². The summed E-state index contributed by atoms with van der Waals surface area (Å²) in [6, 6.07) is 13.4. The molecular formula is C22H23N3O5S. The Labute approximate surface area is 179 Å². The second-order valence-electron chi connectivity index (χ2n) is 7.50. The van der Waals surface area contributed by atoms with Crippen molar-refractivity contribution in [3.8, 4) is 5.75 Å². The number of carbonyl (C=O) groups excluding carboxylic acids is 1. The van der Waals surface area contributed by atoms with Crippen LogP contribution in [0.5, 0.6) is 5.75 Å². The number of sulfonamides is 1. The minimum Gasteiger partial charge on any atom is -0.497 e. The lowest BCUT2D eigenvalue weighted by Gasteiger charge is -2.20. The molecule has 9 heteroatoms. The van der Waals surface area contributed by atoms with Crippen molar-refractivity contribution < 1.29 is 17.9 Å². The van der Waals surface area contributed by atoms with Crippen molar-refractivity contribution >= 4 is 32.5 Å². The van der Waals surface area contributed by atoms with E-state index in [1.165, 1.54) is 10.4 Å². The Morgan fingerprint density at radius 1 is 1.19 bits per heavy atom. The van der Waals surface area contributed by atoms with Gasteiger partial charge in [-0.2, -0.15) is 0 Å². The molecule has 3 aromatic rings. The number of ether oxygens (including phenoxy) is 1. The average molecular weight is 442 g/mol. The van der Waals surface area contributed by atoms with Gasteiger partial charge in [-0.25, -0.2) is 8.42 Å². The first-order valence-corrected chi connectivity index (χ1v) is 11.5. The Morgan fingerprint density at radius 2 is 2.00 bits per heavy atom. The van der Waals surface area contributed by atoms with Gasteiger partial charge in [-0.3, -0.25) is 13.9 Å². The molecule has 1 aromatic heterocycles. The number of nitrogens with zero attached hydrogens (tertiary/aromatic N) is 1. The maximum Gasteiger partial charge on any atom is 0.261 e. The van der Waals surface area contributed by atoms with E-state index in [-0.39, 0.29) is 11.3 Å². The van der Waals surface area contributed by atoms with E-state index in [1.807, 2.05) is 6.07 Å². The number of benzene rings is 2. The third-order valence-corrected chi connectivity index (χ3v) is 7.27. The summed E-state index contributed by atoms with van der Waals surface area (Å²) in [5, 5.41) is 3.51. The zero-order valence-corrected chi connectivity index (χ0v) is 18.0. The first kappa shape index (κ1) is 20.9. The van der Waals surface area contributed by atoms with Crippen LogP contribution in [0.15, 0.2) is 53.3 Å². The fourth-order valence-corrected chi connectivity index (χ4v) is 5.27. The van der Waals surface area contributed by atoms with Crippen LogP contribution in [0, 0.1) is 0 Å². The highest BCUT2D eigenvalue weighted by Crippen LogP contribution is 2.27. The largest absolute Gasteiger partial charge is 0.497 e. The fourth-order valence-electron chi connectivity index (χ4n) is 3.72. The molecule has 0 aliphatic carbocycles. The zero-order chi connectivity index (χ0) is 22.2. The van der Waals surface area contributed by atoms with Crippen LogP contribution in [0.4, 0.5) is 5.69 Å². The fraction of sp³-hybridized carbons (Fsp3) is 0.273. The van der Waals surface area contributed by atoms with E-state index in [4.69, 9.17) is 4.74 Å². The summed E-state index contributed by atoms with van der Waals surface area (Å²) in [6.07, 6.45) is 0.592. The standard InChI is InChI=1S/C22H23N3O5S/c1-14(15-5-3-6-17(11-15)25-9-4-10-31(25,28)29)23-21(26)19-13-16-12-18(30-2)7-8-20(16)24-22(19)27/h3,5-8,11-14H,4,9-10H2,1-2H3,(H,23,26)(H,24,27). The van der Waals surface area contributed by atoms with Gasteiger partial charge in [0.15, 0.2) is 0 Å². The molecule has 1 amide bonds. The highest BCUT2D eigenvalue weighted by Gasteiger charge is 2.28. The van der Waals surface area contributed by atoms with Crippen molar-refractivity contribution in [2.75, 3.05) is 23.7 Å². The quantitative estimate of drug-likeness (QED) is 0.633. The molecule has 162 valence electrons. The second kappa shape index (κ2) is 8.07. The molecule has 1 aliphatic heterocycles. The number of anilines is 1. The normalized spacial score (nSPS) is 16.3. The lowest BCUT2D eigenvalue weighted by atomic mass is 10.1. The van der Waals surface area contributed by atoms with Gasteiger partial charge in [-0.05, 0) is 55.3 Å². The number of rotatable bonds is 5. The van der Waals surface area contributed by atoms with E-state index in [2.05, 4.69) is 10.3 Å². The van der Waals surface area contributed by atoms with Gasteiger partial charge in [0.2, 0.25) is 10.0 Å². The van der Waals surface area contributed by atoms with Crippen LogP contribution >= 0.6 is 0 Å². The van der Waals surface area contributed by atoms with Gasteiger partial charge in [0.1, 0.15) is 11.3 Å². The molecule has 1 saturated heterocycles. The highest BCUT2D eigenvalue weighted by atomic mass is 32.2. The first-order chi connectivity index (χ1) is 14.8.